The van der Waals surface area contributed by atoms with Gasteiger partial charge in [-0.25, -0.2) is 10.8 Å². The number of alkyl halides is 3. The summed E-state index contributed by atoms with van der Waals surface area (Å²) in [6.45, 7) is 1.62. The number of hydrogen-bond acceptors (Lipinski definition) is 4. The van der Waals surface area contributed by atoms with Gasteiger partial charge in [-0.15, -0.1) is 0 Å². The van der Waals surface area contributed by atoms with Crippen LogP contribution in [0.25, 0.3) is 0 Å². The summed E-state index contributed by atoms with van der Waals surface area (Å²) in [6.07, 6.45) is -4.61. The van der Waals surface area contributed by atoms with Crippen molar-refractivity contribution in [3.8, 4) is 0 Å². The minimum absolute atomic E-state index is 0.0890. The highest BCUT2D eigenvalue weighted by molar-refractivity contribution is 5.95. The molecule has 2 rings (SSSR count). The molecule has 0 radical (unpaired) electrons. The molecule has 1 saturated carbocycles. The van der Waals surface area contributed by atoms with Crippen molar-refractivity contribution >= 4 is 11.7 Å². The summed E-state index contributed by atoms with van der Waals surface area (Å²) in [6, 6.07) is 2.71. The lowest BCUT2D eigenvalue weighted by Gasteiger charge is -2.20. The van der Waals surface area contributed by atoms with Crippen molar-refractivity contribution in [2.24, 2.45) is 5.84 Å². The van der Waals surface area contributed by atoms with Gasteiger partial charge in [0, 0.05) is 11.3 Å². The van der Waals surface area contributed by atoms with Crippen molar-refractivity contribution in [1.82, 2.24) is 10.3 Å². The van der Waals surface area contributed by atoms with Crippen LogP contribution < -0.4 is 16.6 Å². The molecule has 0 spiro atoms. The number of aromatic nitrogens is 1. The molecule has 4 N–H and O–H groups in total. The van der Waals surface area contributed by atoms with Crippen LogP contribution in [0.4, 0.5) is 19.0 Å². The minimum Gasteiger partial charge on any atom is -0.338 e. The number of amides is 1. The number of anilines is 1. The number of pyridine rings is 1. The third kappa shape index (κ3) is 2.62. The molecule has 1 heterocycles. The molecule has 0 bridgehead atoms. The highest BCUT2D eigenvalue weighted by atomic mass is 19.4. The predicted molar refractivity (Wildman–Crippen MR) is 62.3 cm³/mol. The number of aryl methyl sites for hydroxylation is 1. The van der Waals surface area contributed by atoms with Crippen LogP contribution in [0.3, 0.4) is 0 Å². The zero-order valence-electron chi connectivity index (χ0n) is 10.1. The van der Waals surface area contributed by atoms with Gasteiger partial charge in [-0.3, -0.25) is 4.79 Å². The van der Waals surface area contributed by atoms with E-state index in [0.29, 0.717) is 5.69 Å². The van der Waals surface area contributed by atoms with Gasteiger partial charge in [0.05, 0.1) is 0 Å². The molecule has 1 aromatic heterocycles. The first-order valence-electron chi connectivity index (χ1n) is 5.62. The number of hydrogen-bond donors (Lipinski definition) is 3. The Balaban J connectivity index is 2.19. The van der Waals surface area contributed by atoms with Crippen molar-refractivity contribution in [1.29, 1.82) is 0 Å². The molecular formula is C11H13F3N4O. The van der Waals surface area contributed by atoms with E-state index in [1.165, 1.54) is 12.1 Å². The maximum absolute atomic E-state index is 12.7. The number of halogens is 3. The fraction of sp³-hybridized carbons (Fsp3) is 0.455. The van der Waals surface area contributed by atoms with E-state index >= 15 is 0 Å². The fourth-order valence-corrected chi connectivity index (χ4v) is 1.77. The molecule has 1 aliphatic rings. The lowest BCUT2D eigenvalue weighted by molar-refractivity contribution is -0.163. The third-order valence-corrected chi connectivity index (χ3v) is 3.01. The summed E-state index contributed by atoms with van der Waals surface area (Å²) in [5.74, 6) is 4.62. The van der Waals surface area contributed by atoms with Crippen LogP contribution in [0.1, 0.15) is 28.9 Å². The van der Waals surface area contributed by atoms with E-state index in [1.54, 1.807) is 6.92 Å². The minimum atomic E-state index is -4.43. The van der Waals surface area contributed by atoms with Gasteiger partial charge in [0.1, 0.15) is 11.4 Å². The van der Waals surface area contributed by atoms with E-state index in [0.717, 1.165) is 0 Å². The van der Waals surface area contributed by atoms with E-state index in [-0.39, 0.29) is 24.2 Å². The number of hydrazine groups is 1. The van der Waals surface area contributed by atoms with Gasteiger partial charge in [-0.05, 0) is 31.9 Å². The Kier molecular flexibility index (Phi) is 3.13. The smallest absolute Gasteiger partial charge is 0.338 e. The molecule has 5 nitrogen and oxygen atoms in total. The van der Waals surface area contributed by atoms with Crippen molar-refractivity contribution in [2.75, 3.05) is 5.43 Å². The molecule has 0 unspecified atom stereocenters. The van der Waals surface area contributed by atoms with E-state index in [9.17, 15) is 18.0 Å². The average molecular weight is 274 g/mol. The topological polar surface area (TPSA) is 80.0 Å². The molecule has 0 saturated heterocycles. The number of carbonyl (C=O) groups is 1. The second-order valence-corrected chi connectivity index (χ2v) is 4.56. The number of rotatable bonds is 3. The first-order valence-corrected chi connectivity index (χ1v) is 5.62. The van der Waals surface area contributed by atoms with Crippen LogP contribution in [-0.2, 0) is 0 Å². The predicted octanol–water partition coefficient (Wildman–Crippen LogP) is 1.50. The van der Waals surface area contributed by atoms with E-state index in [2.05, 4.69) is 10.4 Å². The van der Waals surface area contributed by atoms with E-state index in [4.69, 9.17) is 5.84 Å². The third-order valence-electron chi connectivity index (χ3n) is 3.01. The molecule has 1 aromatic rings. The SMILES string of the molecule is Cc1cc(C(=O)NC2(C(F)(F)F)CC2)cc(NN)n1. The van der Waals surface area contributed by atoms with Crippen molar-refractivity contribution in [3.63, 3.8) is 0 Å². The van der Waals surface area contributed by atoms with Crippen molar-refractivity contribution in [3.05, 3.63) is 23.4 Å². The lowest BCUT2D eigenvalue weighted by atomic mass is 10.1. The molecule has 8 heteroatoms. The largest absolute Gasteiger partial charge is 0.411 e. The summed E-state index contributed by atoms with van der Waals surface area (Å²) in [4.78, 5) is 15.8. The summed E-state index contributed by atoms with van der Waals surface area (Å²) in [7, 11) is 0. The first kappa shape index (κ1) is 13.6. The molecule has 1 fully saturated rings. The highest BCUT2D eigenvalue weighted by Gasteiger charge is 2.64. The van der Waals surface area contributed by atoms with Crippen LogP contribution in [0.5, 0.6) is 0 Å². The number of nitrogens with zero attached hydrogens (tertiary/aromatic N) is 1. The summed E-state index contributed by atoms with van der Waals surface area (Å²) in [5.41, 5.74) is 0.764. The Labute approximate surface area is 107 Å². The molecule has 0 atom stereocenters. The molecule has 1 aliphatic carbocycles. The summed E-state index contributed by atoms with van der Waals surface area (Å²) in [5, 5.41) is 2.04. The second-order valence-electron chi connectivity index (χ2n) is 4.56. The Morgan fingerprint density at radius 2 is 2.05 bits per heavy atom. The highest BCUT2D eigenvalue weighted by Crippen LogP contribution is 2.49. The van der Waals surface area contributed by atoms with Crippen LogP contribution >= 0.6 is 0 Å². The Bertz CT molecular complexity index is 511. The quantitative estimate of drug-likeness (QED) is 0.576. The average Bonchev–Trinajstić information content (AvgIpc) is 3.08. The second kappa shape index (κ2) is 4.37. The van der Waals surface area contributed by atoms with Gasteiger partial charge in [-0.2, -0.15) is 13.2 Å². The summed E-state index contributed by atoms with van der Waals surface area (Å²) >= 11 is 0. The van der Waals surface area contributed by atoms with Gasteiger partial charge >= 0.3 is 6.18 Å². The lowest BCUT2D eigenvalue weighted by Crippen LogP contribution is -2.47. The number of nitrogens with two attached hydrogens (primary N) is 1. The zero-order valence-corrected chi connectivity index (χ0v) is 10.1. The van der Waals surface area contributed by atoms with Crippen LogP contribution in [0.2, 0.25) is 0 Å². The number of nitrogens with one attached hydrogen (secondary N) is 2. The molecular weight excluding hydrogens is 261 g/mol. The Morgan fingerprint density at radius 3 is 2.53 bits per heavy atom. The standard InChI is InChI=1S/C11H13F3N4O/c1-6-4-7(5-8(16-6)18-15)9(19)17-10(2-3-10)11(12,13)14/h4-5H,2-3,15H2,1H3,(H,16,18)(H,17,19). The Morgan fingerprint density at radius 1 is 1.42 bits per heavy atom. The first-order chi connectivity index (χ1) is 8.77. The van der Waals surface area contributed by atoms with Gasteiger partial charge in [0.15, 0.2) is 0 Å². The maximum Gasteiger partial charge on any atom is 0.411 e. The van der Waals surface area contributed by atoms with E-state index in [1.807, 2.05) is 5.32 Å². The van der Waals surface area contributed by atoms with Crippen molar-refractivity contribution < 1.29 is 18.0 Å². The zero-order chi connectivity index (χ0) is 14.3. The maximum atomic E-state index is 12.7. The van der Waals surface area contributed by atoms with Gasteiger partial charge in [0.25, 0.3) is 5.91 Å². The van der Waals surface area contributed by atoms with Crippen molar-refractivity contribution in [2.45, 2.75) is 31.5 Å². The molecule has 19 heavy (non-hydrogen) atoms. The van der Waals surface area contributed by atoms with E-state index < -0.39 is 17.6 Å². The van der Waals surface area contributed by atoms with Crippen LogP contribution in [0.15, 0.2) is 12.1 Å². The van der Waals surface area contributed by atoms with Crippen LogP contribution in [-0.4, -0.2) is 22.6 Å². The molecule has 104 valence electrons. The monoisotopic (exact) mass is 274 g/mol. The molecule has 0 aromatic carbocycles. The molecule has 0 aliphatic heterocycles. The summed E-state index contributed by atoms with van der Waals surface area (Å²) < 4.78 is 38.2. The normalized spacial score (nSPS) is 16.9. The Hall–Kier alpha value is -1.83. The van der Waals surface area contributed by atoms with Gasteiger partial charge in [-0.1, -0.05) is 0 Å². The van der Waals surface area contributed by atoms with Crippen LogP contribution in [0, 0.1) is 6.92 Å². The number of carbonyl (C=O) groups excluding carboxylic acids is 1. The molecule has 1 amide bonds. The van der Waals surface area contributed by atoms with Gasteiger partial charge in [0.2, 0.25) is 0 Å². The number of nitrogen functional groups attached to an aromatic ring is 1. The fourth-order valence-electron chi connectivity index (χ4n) is 1.77. The van der Waals surface area contributed by atoms with Gasteiger partial charge < -0.3 is 10.7 Å².